The van der Waals surface area contributed by atoms with E-state index in [0.29, 0.717) is 13.1 Å². The first kappa shape index (κ1) is 14.2. The van der Waals surface area contributed by atoms with Gasteiger partial charge in [-0.1, -0.05) is 6.92 Å². The molecule has 1 aromatic heterocycles. The molecule has 0 radical (unpaired) electrons. The van der Waals surface area contributed by atoms with Gasteiger partial charge in [0.25, 0.3) is 0 Å². The molecule has 0 aliphatic carbocycles. The summed E-state index contributed by atoms with van der Waals surface area (Å²) in [6, 6.07) is 0. The number of carbonyl (C=O) groups excluding carboxylic acids is 1. The lowest BCUT2D eigenvalue weighted by molar-refractivity contribution is -0.136. The minimum absolute atomic E-state index is 0.0126. The highest BCUT2D eigenvalue weighted by molar-refractivity contribution is 7.09. The van der Waals surface area contributed by atoms with E-state index in [2.05, 4.69) is 14.3 Å². The molecular formula is C12H21N5OS. The van der Waals surface area contributed by atoms with E-state index in [1.165, 1.54) is 11.5 Å². The second-order valence-corrected chi connectivity index (χ2v) is 6.08. The minimum atomic E-state index is -0.791. The van der Waals surface area contributed by atoms with Crippen LogP contribution in [0.15, 0.2) is 0 Å². The zero-order valence-electron chi connectivity index (χ0n) is 11.7. The summed E-state index contributed by atoms with van der Waals surface area (Å²) in [6.45, 7) is 8.52. The van der Waals surface area contributed by atoms with Crippen LogP contribution in [0.3, 0.4) is 0 Å². The van der Waals surface area contributed by atoms with Crippen molar-refractivity contribution < 1.29 is 4.79 Å². The maximum absolute atomic E-state index is 12.1. The SMILES string of the molecule is CCc1nsc(N2CCN(C(=O)C(C)(C)N)CC2)n1. The Labute approximate surface area is 117 Å². The van der Waals surface area contributed by atoms with Gasteiger partial charge >= 0.3 is 0 Å². The van der Waals surface area contributed by atoms with Gasteiger partial charge in [-0.2, -0.15) is 4.37 Å². The molecule has 19 heavy (non-hydrogen) atoms. The molecule has 1 amide bonds. The maximum Gasteiger partial charge on any atom is 0.242 e. The maximum atomic E-state index is 12.1. The van der Waals surface area contributed by atoms with Gasteiger partial charge in [-0.15, -0.1) is 0 Å². The topological polar surface area (TPSA) is 75.4 Å². The van der Waals surface area contributed by atoms with E-state index in [-0.39, 0.29) is 5.91 Å². The number of piperazine rings is 1. The number of amides is 1. The van der Waals surface area contributed by atoms with Crippen molar-refractivity contribution in [1.29, 1.82) is 0 Å². The molecule has 1 aromatic rings. The lowest BCUT2D eigenvalue weighted by atomic mass is 10.1. The van der Waals surface area contributed by atoms with Crippen LogP contribution in [-0.2, 0) is 11.2 Å². The number of hydrogen-bond acceptors (Lipinski definition) is 6. The van der Waals surface area contributed by atoms with Crippen LogP contribution in [-0.4, -0.2) is 51.9 Å². The van der Waals surface area contributed by atoms with E-state index in [4.69, 9.17) is 5.73 Å². The zero-order valence-corrected chi connectivity index (χ0v) is 12.5. The van der Waals surface area contributed by atoms with Gasteiger partial charge in [0.2, 0.25) is 11.0 Å². The summed E-state index contributed by atoms with van der Waals surface area (Å²) in [5, 5.41) is 0.955. The van der Waals surface area contributed by atoms with Gasteiger partial charge in [-0.25, -0.2) is 4.98 Å². The summed E-state index contributed by atoms with van der Waals surface area (Å²) in [5.41, 5.74) is 5.06. The van der Waals surface area contributed by atoms with Gasteiger partial charge in [-0.05, 0) is 13.8 Å². The Morgan fingerprint density at radius 2 is 2.00 bits per heavy atom. The summed E-state index contributed by atoms with van der Waals surface area (Å²) < 4.78 is 4.29. The van der Waals surface area contributed by atoms with Gasteiger partial charge in [0, 0.05) is 44.1 Å². The smallest absolute Gasteiger partial charge is 0.242 e. The molecule has 0 unspecified atom stereocenters. The summed E-state index contributed by atoms with van der Waals surface area (Å²) in [4.78, 5) is 20.6. The first-order valence-electron chi connectivity index (χ1n) is 6.57. The normalized spacial score (nSPS) is 16.8. The molecule has 106 valence electrons. The number of aromatic nitrogens is 2. The Kier molecular flexibility index (Phi) is 4.05. The Bertz CT molecular complexity index is 445. The molecule has 2 heterocycles. The standard InChI is InChI=1S/C12H21N5OS/c1-4-9-14-11(19-15-9)17-7-5-16(6-8-17)10(18)12(2,3)13/h4-8,13H2,1-3H3. The van der Waals surface area contributed by atoms with Crippen molar-refractivity contribution >= 4 is 22.6 Å². The quantitative estimate of drug-likeness (QED) is 0.873. The molecule has 0 aromatic carbocycles. The van der Waals surface area contributed by atoms with Crippen LogP contribution < -0.4 is 10.6 Å². The molecule has 0 saturated carbocycles. The lowest BCUT2D eigenvalue weighted by Crippen LogP contribution is -2.57. The van der Waals surface area contributed by atoms with Crippen molar-refractivity contribution in [2.45, 2.75) is 32.7 Å². The number of aryl methyl sites for hydroxylation is 1. The summed E-state index contributed by atoms with van der Waals surface area (Å²) >= 11 is 1.43. The molecule has 0 bridgehead atoms. The summed E-state index contributed by atoms with van der Waals surface area (Å²) in [7, 11) is 0. The van der Waals surface area contributed by atoms with Gasteiger partial charge in [0.15, 0.2) is 0 Å². The molecule has 0 atom stereocenters. The third-order valence-electron chi connectivity index (χ3n) is 3.16. The zero-order chi connectivity index (χ0) is 14.0. The van der Waals surface area contributed by atoms with E-state index in [9.17, 15) is 4.79 Å². The predicted octanol–water partition coefficient (Wildman–Crippen LogP) is 0.486. The van der Waals surface area contributed by atoms with Gasteiger partial charge in [0.05, 0.1) is 5.54 Å². The van der Waals surface area contributed by atoms with Gasteiger partial charge in [0.1, 0.15) is 5.82 Å². The molecule has 2 N–H and O–H groups in total. The van der Waals surface area contributed by atoms with Crippen LogP contribution in [0.4, 0.5) is 5.13 Å². The van der Waals surface area contributed by atoms with E-state index in [1.54, 1.807) is 13.8 Å². The average molecular weight is 283 g/mol. The number of anilines is 1. The highest BCUT2D eigenvalue weighted by Crippen LogP contribution is 2.20. The number of carbonyl (C=O) groups is 1. The molecule has 0 spiro atoms. The van der Waals surface area contributed by atoms with E-state index in [1.807, 2.05) is 11.8 Å². The number of rotatable bonds is 3. The molecule has 1 aliphatic heterocycles. The second-order valence-electron chi connectivity index (χ2n) is 5.35. The van der Waals surface area contributed by atoms with Crippen LogP contribution in [0.25, 0.3) is 0 Å². The Hall–Kier alpha value is -1.21. The van der Waals surface area contributed by atoms with Crippen LogP contribution in [0, 0.1) is 0 Å². The second kappa shape index (κ2) is 5.42. The van der Waals surface area contributed by atoms with Crippen molar-refractivity contribution in [3.8, 4) is 0 Å². The van der Waals surface area contributed by atoms with Crippen molar-refractivity contribution in [1.82, 2.24) is 14.3 Å². The molecule has 6 nitrogen and oxygen atoms in total. The number of nitrogens with zero attached hydrogens (tertiary/aromatic N) is 4. The largest absolute Gasteiger partial charge is 0.343 e. The fraction of sp³-hybridized carbons (Fsp3) is 0.750. The molecule has 7 heteroatoms. The van der Waals surface area contributed by atoms with E-state index >= 15 is 0 Å². The van der Waals surface area contributed by atoms with Crippen molar-refractivity contribution in [2.75, 3.05) is 31.1 Å². The summed E-state index contributed by atoms with van der Waals surface area (Å²) in [6.07, 6.45) is 0.857. The Morgan fingerprint density at radius 3 is 2.47 bits per heavy atom. The highest BCUT2D eigenvalue weighted by Gasteiger charge is 2.30. The highest BCUT2D eigenvalue weighted by atomic mass is 32.1. The Balaban J connectivity index is 1.94. The third-order valence-corrected chi connectivity index (χ3v) is 3.98. The predicted molar refractivity (Wildman–Crippen MR) is 76.3 cm³/mol. The van der Waals surface area contributed by atoms with E-state index < -0.39 is 5.54 Å². The number of nitrogens with two attached hydrogens (primary N) is 1. The molecule has 1 fully saturated rings. The van der Waals surface area contributed by atoms with Crippen molar-refractivity contribution in [3.05, 3.63) is 5.82 Å². The minimum Gasteiger partial charge on any atom is -0.343 e. The third kappa shape index (κ3) is 3.22. The Morgan fingerprint density at radius 1 is 1.37 bits per heavy atom. The molecule has 1 saturated heterocycles. The molecular weight excluding hydrogens is 262 g/mol. The fourth-order valence-electron chi connectivity index (χ4n) is 2.03. The van der Waals surface area contributed by atoms with Gasteiger partial charge in [-0.3, -0.25) is 4.79 Å². The number of hydrogen-bond donors (Lipinski definition) is 1. The van der Waals surface area contributed by atoms with Crippen LogP contribution in [0.1, 0.15) is 26.6 Å². The summed E-state index contributed by atoms with van der Waals surface area (Å²) in [5.74, 6) is 0.903. The van der Waals surface area contributed by atoms with Crippen LogP contribution in [0.5, 0.6) is 0 Å². The monoisotopic (exact) mass is 283 g/mol. The first-order valence-corrected chi connectivity index (χ1v) is 7.35. The first-order chi connectivity index (χ1) is 8.91. The molecule has 1 aliphatic rings. The van der Waals surface area contributed by atoms with Crippen molar-refractivity contribution in [3.63, 3.8) is 0 Å². The molecule has 2 rings (SSSR count). The van der Waals surface area contributed by atoms with Crippen molar-refractivity contribution in [2.24, 2.45) is 5.73 Å². The fourth-order valence-corrected chi connectivity index (χ4v) is 2.83. The van der Waals surface area contributed by atoms with Crippen LogP contribution in [0.2, 0.25) is 0 Å². The van der Waals surface area contributed by atoms with Crippen LogP contribution >= 0.6 is 11.5 Å². The lowest BCUT2D eigenvalue weighted by Gasteiger charge is -2.37. The van der Waals surface area contributed by atoms with Gasteiger partial charge < -0.3 is 15.5 Å². The average Bonchev–Trinajstić information content (AvgIpc) is 2.86. The van der Waals surface area contributed by atoms with E-state index in [0.717, 1.165) is 30.5 Å².